The average Bonchev–Trinajstić information content (AvgIpc) is 2.86. The van der Waals surface area contributed by atoms with Crippen LogP contribution in [0.25, 0.3) is 12.2 Å². The highest BCUT2D eigenvalue weighted by atomic mass is 32.1. The van der Waals surface area contributed by atoms with Crippen molar-refractivity contribution in [3.05, 3.63) is 51.5 Å². The van der Waals surface area contributed by atoms with E-state index in [1.807, 2.05) is 6.20 Å². The van der Waals surface area contributed by atoms with Crippen molar-refractivity contribution in [2.45, 2.75) is 39.5 Å². The molecule has 0 radical (unpaired) electrons. The molecule has 2 heteroatoms. The molecular formula is C17H21NS. The summed E-state index contributed by atoms with van der Waals surface area (Å²) in [6, 6.07) is 8.76. The third-order valence-electron chi connectivity index (χ3n) is 3.08. The molecule has 2 aromatic rings. The number of hydrogen-bond donors (Lipinski definition) is 0. The Balaban J connectivity index is 2.09. The van der Waals surface area contributed by atoms with Crippen LogP contribution in [0.5, 0.6) is 0 Å². The molecule has 100 valence electrons. The predicted molar refractivity (Wildman–Crippen MR) is 85.7 cm³/mol. The Morgan fingerprint density at radius 1 is 0.947 bits per heavy atom. The van der Waals surface area contributed by atoms with E-state index in [0.29, 0.717) is 11.8 Å². The maximum absolute atomic E-state index is 4.43. The van der Waals surface area contributed by atoms with E-state index in [1.165, 1.54) is 21.0 Å². The van der Waals surface area contributed by atoms with E-state index in [4.69, 9.17) is 0 Å². The molecule has 0 atom stereocenters. The van der Waals surface area contributed by atoms with Gasteiger partial charge in [0.05, 0.1) is 5.01 Å². The predicted octanol–water partition coefficient (Wildman–Crippen LogP) is 5.56. The number of aromatic nitrogens is 1. The number of hydrogen-bond acceptors (Lipinski definition) is 2. The molecule has 0 saturated carbocycles. The van der Waals surface area contributed by atoms with Gasteiger partial charge in [-0.05, 0) is 23.1 Å². The van der Waals surface area contributed by atoms with Gasteiger partial charge in [0, 0.05) is 17.0 Å². The van der Waals surface area contributed by atoms with Crippen LogP contribution in [0.15, 0.2) is 30.5 Å². The Hall–Kier alpha value is -1.41. The second kappa shape index (κ2) is 6.16. The molecule has 1 aromatic heterocycles. The van der Waals surface area contributed by atoms with Crippen molar-refractivity contribution < 1.29 is 0 Å². The molecule has 0 spiro atoms. The molecule has 1 heterocycles. The van der Waals surface area contributed by atoms with Gasteiger partial charge in [0.25, 0.3) is 0 Å². The van der Waals surface area contributed by atoms with E-state index in [9.17, 15) is 0 Å². The van der Waals surface area contributed by atoms with Gasteiger partial charge < -0.3 is 0 Å². The van der Waals surface area contributed by atoms with E-state index in [1.54, 1.807) is 11.3 Å². The van der Waals surface area contributed by atoms with Gasteiger partial charge in [-0.2, -0.15) is 0 Å². The summed E-state index contributed by atoms with van der Waals surface area (Å²) >= 11 is 1.77. The minimum atomic E-state index is 0.512. The topological polar surface area (TPSA) is 12.9 Å². The first-order valence-electron chi connectivity index (χ1n) is 6.80. The third-order valence-corrected chi connectivity index (χ3v) is 4.34. The lowest BCUT2D eigenvalue weighted by molar-refractivity contribution is 0.852. The monoisotopic (exact) mass is 271 g/mol. The number of rotatable bonds is 4. The minimum Gasteiger partial charge on any atom is -0.249 e. The first kappa shape index (κ1) is 14.0. The molecule has 0 amide bonds. The fourth-order valence-corrected chi connectivity index (χ4v) is 2.64. The van der Waals surface area contributed by atoms with Gasteiger partial charge in [-0.25, -0.2) is 4.98 Å². The molecule has 0 bridgehead atoms. The highest BCUT2D eigenvalue weighted by Gasteiger charge is 2.03. The molecule has 1 nitrogen and oxygen atoms in total. The highest BCUT2D eigenvalue weighted by molar-refractivity contribution is 7.12. The second-order valence-electron chi connectivity index (χ2n) is 5.41. The normalized spacial score (nSPS) is 11.9. The van der Waals surface area contributed by atoms with Crippen LogP contribution in [0, 0.1) is 0 Å². The smallest absolute Gasteiger partial charge is 0.0956 e. The molecule has 0 aliphatic rings. The summed E-state index contributed by atoms with van der Waals surface area (Å²) in [6.45, 7) is 8.79. The zero-order valence-electron chi connectivity index (χ0n) is 12.1. The van der Waals surface area contributed by atoms with Crippen LogP contribution in [0.3, 0.4) is 0 Å². The molecule has 0 saturated heterocycles. The zero-order valence-corrected chi connectivity index (χ0v) is 12.9. The Morgan fingerprint density at radius 3 is 2.16 bits per heavy atom. The maximum Gasteiger partial charge on any atom is 0.0956 e. The SMILES string of the molecule is CC(C)c1ccc(/C=C/c2cnc(C(C)C)s2)cc1. The summed E-state index contributed by atoms with van der Waals surface area (Å²) in [7, 11) is 0. The largest absolute Gasteiger partial charge is 0.249 e. The first-order valence-corrected chi connectivity index (χ1v) is 7.61. The maximum atomic E-state index is 4.43. The van der Waals surface area contributed by atoms with Crippen LogP contribution in [-0.4, -0.2) is 4.98 Å². The molecule has 0 aliphatic heterocycles. The minimum absolute atomic E-state index is 0.512. The van der Waals surface area contributed by atoms with E-state index in [-0.39, 0.29) is 0 Å². The van der Waals surface area contributed by atoms with Gasteiger partial charge in [-0.3, -0.25) is 0 Å². The highest BCUT2D eigenvalue weighted by Crippen LogP contribution is 2.23. The van der Waals surface area contributed by atoms with Crippen LogP contribution in [0.2, 0.25) is 0 Å². The quantitative estimate of drug-likeness (QED) is 0.709. The average molecular weight is 271 g/mol. The van der Waals surface area contributed by atoms with Crippen molar-refractivity contribution in [2.75, 3.05) is 0 Å². The van der Waals surface area contributed by atoms with Gasteiger partial charge in [-0.15, -0.1) is 11.3 Å². The summed E-state index contributed by atoms with van der Waals surface area (Å²) in [4.78, 5) is 5.65. The fraction of sp³-hybridized carbons (Fsp3) is 0.353. The molecule has 0 aliphatic carbocycles. The fourth-order valence-electron chi connectivity index (χ4n) is 1.82. The third kappa shape index (κ3) is 3.77. The van der Waals surface area contributed by atoms with Crippen molar-refractivity contribution in [3.8, 4) is 0 Å². The summed E-state index contributed by atoms with van der Waals surface area (Å²) in [5, 5.41) is 1.20. The summed E-state index contributed by atoms with van der Waals surface area (Å²) < 4.78 is 0. The number of nitrogens with zero attached hydrogens (tertiary/aromatic N) is 1. The van der Waals surface area contributed by atoms with E-state index in [0.717, 1.165) is 0 Å². The van der Waals surface area contributed by atoms with Crippen molar-refractivity contribution in [2.24, 2.45) is 0 Å². The van der Waals surface area contributed by atoms with Crippen molar-refractivity contribution in [1.82, 2.24) is 4.98 Å². The molecule has 0 unspecified atom stereocenters. The van der Waals surface area contributed by atoms with Crippen molar-refractivity contribution in [1.29, 1.82) is 0 Å². The molecular weight excluding hydrogens is 250 g/mol. The molecule has 2 rings (SSSR count). The van der Waals surface area contributed by atoms with Gasteiger partial charge in [-0.1, -0.05) is 58.0 Å². The summed E-state index contributed by atoms with van der Waals surface area (Å²) in [5.41, 5.74) is 2.63. The Kier molecular flexibility index (Phi) is 4.54. The Morgan fingerprint density at radius 2 is 1.63 bits per heavy atom. The van der Waals surface area contributed by atoms with Gasteiger partial charge in [0.1, 0.15) is 0 Å². The van der Waals surface area contributed by atoms with E-state index in [2.05, 4.69) is 69.1 Å². The van der Waals surface area contributed by atoms with Crippen LogP contribution in [-0.2, 0) is 0 Å². The lowest BCUT2D eigenvalue weighted by Gasteiger charge is -2.04. The molecule has 0 fully saturated rings. The van der Waals surface area contributed by atoms with Crippen molar-refractivity contribution >= 4 is 23.5 Å². The van der Waals surface area contributed by atoms with Crippen LogP contribution >= 0.6 is 11.3 Å². The molecule has 19 heavy (non-hydrogen) atoms. The second-order valence-corrected chi connectivity index (χ2v) is 6.50. The molecule has 1 aromatic carbocycles. The summed E-state index contributed by atoms with van der Waals surface area (Å²) in [6.07, 6.45) is 6.26. The Bertz CT molecular complexity index is 547. The Labute approximate surface area is 120 Å². The molecule has 0 N–H and O–H groups in total. The van der Waals surface area contributed by atoms with Crippen LogP contribution < -0.4 is 0 Å². The van der Waals surface area contributed by atoms with E-state index >= 15 is 0 Å². The lowest BCUT2D eigenvalue weighted by Crippen LogP contribution is -1.85. The van der Waals surface area contributed by atoms with E-state index < -0.39 is 0 Å². The van der Waals surface area contributed by atoms with Crippen LogP contribution in [0.4, 0.5) is 0 Å². The summed E-state index contributed by atoms with van der Waals surface area (Å²) in [5.74, 6) is 1.10. The first-order chi connectivity index (χ1) is 9.06. The lowest BCUT2D eigenvalue weighted by atomic mass is 10.0. The van der Waals surface area contributed by atoms with Gasteiger partial charge >= 0.3 is 0 Å². The number of thiazole rings is 1. The van der Waals surface area contributed by atoms with Gasteiger partial charge in [0.2, 0.25) is 0 Å². The zero-order chi connectivity index (χ0) is 13.8. The number of benzene rings is 1. The van der Waals surface area contributed by atoms with Crippen LogP contribution in [0.1, 0.15) is 60.5 Å². The standard InChI is InChI=1S/C17H21NS/c1-12(2)15-8-5-14(6-9-15)7-10-16-11-18-17(19-16)13(3)4/h5-13H,1-4H3/b10-7+. The van der Waals surface area contributed by atoms with Gasteiger partial charge in [0.15, 0.2) is 0 Å². The van der Waals surface area contributed by atoms with Crippen molar-refractivity contribution in [3.63, 3.8) is 0 Å².